The van der Waals surface area contributed by atoms with E-state index in [0.717, 1.165) is 0 Å². The average molecular weight is 210 g/mol. The highest BCUT2D eigenvalue weighted by atomic mass is 32.3. The van der Waals surface area contributed by atoms with Crippen LogP contribution in [0.5, 0.6) is 0 Å². The fourth-order valence-electron chi connectivity index (χ4n) is 0.882. The van der Waals surface area contributed by atoms with E-state index in [2.05, 4.69) is 0 Å². The zero-order valence-corrected chi connectivity index (χ0v) is 8.38. The molecule has 0 amide bonds. The molecule has 0 N–H and O–H groups in total. The van der Waals surface area contributed by atoms with Crippen LogP contribution in [0.1, 0.15) is 0 Å². The summed E-state index contributed by atoms with van der Waals surface area (Å²) in [5, 5.41) is 0. The van der Waals surface area contributed by atoms with E-state index >= 15 is 0 Å². The van der Waals surface area contributed by atoms with Gasteiger partial charge in [0.05, 0.1) is 9.16 Å². The Bertz CT molecular complexity index is 144. The molecule has 2 aliphatic rings. The molecule has 56 valence electrons. The molecule has 0 radical (unpaired) electrons. The van der Waals surface area contributed by atoms with Gasteiger partial charge in [-0.25, -0.2) is 0 Å². The van der Waals surface area contributed by atoms with Crippen LogP contribution >= 0.6 is 47.0 Å². The molecule has 2 heterocycles. The summed E-state index contributed by atoms with van der Waals surface area (Å²) >= 11 is 6.91. The highest BCUT2D eigenvalue weighted by molar-refractivity contribution is 8.49. The number of hydrogen-bond donors (Lipinski definition) is 0. The molecule has 2 atom stereocenters. The van der Waals surface area contributed by atoms with E-state index < -0.39 is 0 Å². The summed E-state index contributed by atoms with van der Waals surface area (Å²) in [7, 11) is 0. The monoisotopic (exact) mass is 210 g/mol. The van der Waals surface area contributed by atoms with Gasteiger partial charge in [0.15, 0.2) is 0 Å². The van der Waals surface area contributed by atoms with Gasteiger partial charge in [0.2, 0.25) is 4.45 Å². The molecular formula is C5H6OS4. The van der Waals surface area contributed by atoms with Crippen LogP contribution in [-0.2, 0) is 0 Å². The molecule has 0 aliphatic carbocycles. The Morgan fingerprint density at radius 2 is 1.60 bits per heavy atom. The van der Waals surface area contributed by atoms with Crippen LogP contribution in [0.4, 0.5) is 4.79 Å². The lowest BCUT2D eigenvalue weighted by Gasteiger charge is -2.20. The molecule has 0 bridgehead atoms. The van der Waals surface area contributed by atoms with E-state index in [-0.39, 0.29) is 0 Å². The predicted octanol–water partition coefficient (Wildman–Crippen LogP) is 2.72. The first-order valence-electron chi connectivity index (χ1n) is 2.97. The first kappa shape index (κ1) is 7.71. The maximum absolute atomic E-state index is 10.9. The van der Waals surface area contributed by atoms with E-state index in [0.29, 0.717) is 13.6 Å². The summed E-state index contributed by atoms with van der Waals surface area (Å²) < 4.78 is 1.42. The zero-order valence-electron chi connectivity index (χ0n) is 5.11. The Hall–Kier alpha value is 1.07. The van der Waals surface area contributed by atoms with Crippen molar-refractivity contribution in [3.8, 4) is 0 Å². The van der Waals surface area contributed by atoms with Crippen molar-refractivity contribution in [2.24, 2.45) is 0 Å². The first-order valence-corrected chi connectivity index (χ1v) is 6.82. The quantitative estimate of drug-likeness (QED) is 0.609. The lowest BCUT2D eigenvalue weighted by atomic mass is 10.9. The molecule has 0 aromatic carbocycles. The fraction of sp³-hybridized carbons (Fsp3) is 0.800. The minimum atomic E-state index is 0.317. The van der Waals surface area contributed by atoms with Crippen molar-refractivity contribution in [2.45, 2.75) is 9.16 Å². The minimum Gasteiger partial charge on any atom is -0.274 e. The minimum absolute atomic E-state index is 0.317. The number of hydrogen-bond acceptors (Lipinski definition) is 5. The van der Waals surface area contributed by atoms with Gasteiger partial charge >= 0.3 is 0 Å². The van der Waals surface area contributed by atoms with Gasteiger partial charge in [-0.15, -0.1) is 23.5 Å². The summed E-state index contributed by atoms with van der Waals surface area (Å²) in [4.78, 5) is 10.9. The molecule has 0 saturated carbocycles. The molecule has 5 heteroatoms. The third-order valence-electron chi connectivity index (χ3n) is 1.29. The van der Waals surface area contributed by atoms with Crippen molar-refractivity contribution in [3.05, 3.63) is 0 Å². The Morgan fingerprint density at radius 3 is 2.10 bits per heavy atom. The standard InChI is InChI=1S/C5H6OS4/c6-5-9-3-4(10-5)8-2-1-7-3/h3-4H,1-2H2/t3-,4+. The third kappa shape index (κ3) is 1.47. The van der Waals surface area contributed by atoms with Gasteiger partial charge in [0.25, 0.3) is 0 Å². The Morgan fingerprint density at radius 1 is 1.10 bits per heavy atom. The largest absolute Gasteiger partial charge is 0.274 e. The number of carbonyl (C=O) groups is 1. The second-order valence-corrected chi connectivity index (χ2v) is 7.55. The molecule has 10 heavy (non-hydrogen) atoms. The normalized spacial score (nSPS) is 39.8. The van der Waals surface area contributed by atoms with Crippen LogP contribution in [0.15, 0.2) is 0 Å². The average Bonchev–Trinajstić information content (AvgIpc) is 2.27. The number of thioether (sulfide) groups is 4. The fourth-order valence-corrected chi connectivity index (χ4v) is 7.50. The van der Waals surface area contributed by atoms with Crippen molar-refractivity contribution in [3.63, 3.8) is 0 Å². The van der Waals surface area contributed by atoms with Crippen molar-refractivity contribution < 1.29 is 4.79 Å². The molecular weight excluding hydrogens is 204 g/mol. The summed E-state index contributed by atoms with van der Waals surface area (Å²) in [5.41, 5.74) is 0. The summed E-state index contributed by atoms with van der Waals surface area (Å²) in [5.74, 6) is 2.43. The van der Waals surface area contributed by atoms with E-state index in [9.17, 15) is 4.79 Å². The van der Waals surface area contributed by atoms with Crippen LogP contribution in [0, 0.1) is 0 Å². The van der Waals surface area contributed by atoms with Gasteiger partial charge in [-0.1, -0.05) is 23.5 Å². The molecule has 0 aromatic rings. The van der Waals surface area contributed by atoms with Crippen molar-refractivity contribution >= 4 is 51.5 Å². The van der Waals surface area contributed by atoms with Crippen LogP contribution < -0.4 is 0 Å². The molecule has 1 nitrogen and oxygen atoms in total. The number of fused-ring (bicyclic) bond motifs is 1. The SMILES string of the molecule is O=C1S[C@H]2SCCS[C@H]2S1. The second kappa shape index (κ2) is 3.21. The van der Waals surface area contributed by atoms with Gasteiger partial charge in [0.1, 0.15) is 0 Å². The van der Waals surface area contributed by atoms with E-state index in [1.807, 2.05) is 23.5 Å². The number of rotatable bonds is 0. The van der Waals surface area contributed by atoms with Gasteiger partial charge in [0, 0.05) is 11.5 Å². The Balaban J connectivity index is 2.04. The molecule has 0 spiro atoms. The van der Waals surface area contributed by atoms with Crippen LogP contribution in [0.2, 0.25) is 0 Å². The molecule has 2 fully saturated rings. The van der Waals surface area contributed by atoms with Crippen LogP contribution in [0.25, 0.3) is 0 Å². The lowest BCUT2D eigenvalue weighted by molar-refractivity contribution is 0.277. The molecule has 2 rings (SSSR count). The van der Waals surface area contributed by atoms with E-state index in [1.54, 1.807) is 0 Å². The van der Waals surface area contributed by atoms with Gasteiger partial charge in [-0.3, -0.25) is 4.79 Å². The highest BCUT2D eigenvalue weighted by Gasteiger charge is 2.37. The third-order valence-corrected chi connectivity index (χ3v) is 7.69. The molecule has 0 unspecified atom stereocenters. The maximum Gasteiger partial charge on any atom is 0.248 e. The molecule has 2 aliphatic heterocycles. The van der Waals surface area contributed by atoms with Crippen molar-refractivity contribution in [1.29, 1.82) is 0 Å². The van der Waals surface area contributed by atoms with Gasteiger partial charge in [-0.2, -0.15) is 0 Å². The van der Waals surface area contributed by atoms with Crippen molar-refractivity contribution in [2.75, 3.05) is 11.5 Å². The van der Waals surface area contributed by atoms with Gasteiger partial charge in [-0.05, 0) is 0 Å². The zero-order chi connectivity index (χ0) is 6.97. The van der Waals surface area contributed by atoms with Crippen LogP contribution in [-0.4, -0.2) is 25.1 Å². The predicted molar refractivity (Wildman–Crippen MR) is 53.1 cm³/mol. The Kier molecular flexibility index (Phi) is 2.47. The van der Waals surface area contributed by atoms with Crippen LogP contribution in [0.3, 0.4) is 0 Å². The lowest BCUT2D eigenvalue weighted by Crippen LogP contribution is -2.14. The van der Waals surface area contributed by atoms with Crippen molar-refractivity contribution in [1.82, 2.24) is 0 Å². The topological polar surface area (TPSA) is 17.1 Å². The number of carbonyl (C=O) groups excluding carboxylic acids is 1. The summed E-state index contributed by atoms with van der Waals surface area (Å²) in [6, 6.07) is 0. The summed E-state index contributed by atoms with van der Waals surface area (Å²) in [6.45, 7) is 0. The highest BCUT2D eigenvalue weighted by Crippen LogP contribution is 2.51. The molecule has 2 saturated heterocycles. The van der Waals surface area contributed by atoms with E-state index in [1.165, 1.54) is 35.0 Å². The molecule has 0 aromatic heterocycles. The summed E-state index contributed by atoms with van der Waals surface area (Å²) in [6.07, 6.45) is 0. The smallest absolute Gasteiger partial charge is 0.248 e. The second-order valence-electron chi connectivity index (χ2n) is 1.96. The Labute approximate surface area is 76.8 Å². The maximum atomic E-state index is 10.9. The first-order chi connectivity index (χ1) is 4.86. The van der Waals surface area contributed by atoms with Gasteiger partial charge < -0.3 is 0 Å². The van der Waals surface area contributed by atoms with E-state index in [4.69, 9.17) is 0 Å².